The van der Waals surface area contributed by atoms with E-state index in [2.05, 4.69) is 10.3 Å². The molecule has 1 amide bonds. The molecule has 2 heterocycles. The van der Waals surface area contributed by atoms with Gasteiger partial charge in [0.2, 0.25) is 0 Å². The highest BCUT2D eigenvalue weighted by molar-refractivity contribution is 6.04. The number of benzene rings is 1. The maximum absolute atomic E-state index is 12.0. The third kappa shape index (κ3) is 2.20. The topological polar surface area (TPSA) is 46.9 Å². The van der Waals surface area contributed by atoms with Crippen LogP contribution in [-0.2, 0) is 7.05 Å². The molecule has 1 N–H and O–H groups in total. The maximum atomic E-state index is 12.0. The zero-order chi connectivity index (χ0) is 13.2. The summed E-state index contributed by atoms with van der Waals surface area (Å²) in [5.41, 5.74) is 2.47. The second kappa shape index (κ2) is 4.57. The van der Waals surface area contributed by atoms with Gasteiger partial charge in [-0.2, -0.15) is 0 Å². The second-order valence-corrected chi connectivity index (χ2v) is 4.40. The van der Waals surface area contributed by atoms with Gasteiger partial charge in [-0.05, 0) is 36.4 Å². The predicted molar refractivity (Wildman–Crippen MR) is 75.1 cm³/mol. The Bertz CT molecular complexity index is 731. The van der Waals surface area contributed by atoms with Crippen molar-refractivity contribution in [1.29, 1.82) is 0 Å². The third-order valence-electron chi connectivity index (χ3n) is 3.07. The summed E-state index contributed by atoms with van der Waals surface area (Å²) >= 11 is 0. The molecule has 4 heteroatoms. The van der Waals surface area contributed by atoms with E-state index in [0.29, 0.717) is 5.56 Å². The number of hydrogen-bond acceptors (Lipinski definition) is 2. The van der Waals surface area contributed by atoms with Crippen LogP contribution in [0.2, 0.25) is 0 Å². The Hall–Kier alpha value is -2.62. The minimum absolute atomic E-state index is 0.150. The molecule has 3 rings (SSSR count). The highest BCUT2D eigenvalue weighted by Gasteiger charge is 2.06. The van der Waals surface area contributed by atoms with Crippen LogP contribution in [0.25, 0.3) is 10.9 Å². The van der Waals surface area contributed by atoms with Gasteiger partial charge in [-0.15, -0.1) is 0 Å². The van der Waals surface area contributed by atoms with Crippen molar-refractivity contribution in [3.8, 4) is 0 Å². The maximum Gasteiger partial charge on any atom is 0.257 e. The van der Waals surface area contributed by atoms with Crippen LogP contribution in [0.15, 0.2) is 55.0 Å². The molecule has 0 saturated heterocycles. The fourth-order valence-corrected chi connectivity index (χ4v) is 2.06. The first-order valence-corrected chi connectivity index (χ1v) is 6.00. The summed E-state index contributed by atoms with van der Waals surface area (Å²) in [6.45, 7) is 0. The van der Waals surface area contributed by atoms with Crippen molar-refractivity contribution in [1.82, 2.24) is 9.55 Å². The largest absolute Gasteiger partial charge is 0.351 e. The van der Waals surface area contributed by atoms with E-state index in [0.717, 1.165) is 16.6 Å². The summed E-state index contributed by atoms with van der Waals surface area (Å²) in [6, 6.07) is 11.4. The molecule has 1 aromatic carbocycles. The van der Waals surface area contributed by atoms with E-state index in [-0.39, 0.29) is 5.91 Å². The predicted octanol–water partition coefficient (Wildman–Crippen LogP) is 2.83. The van der Waals surface area contributed by atoms with Crippen LogP contribution in [0.3, 0.4) is 0 Å². The SMILES string of the molecule is Cn1ccc2cc(NC(=O)c3cccnc3)ccc21. The lowest BCUT2D eigenvalue weighted by atomic mass is 10.2. The molecule has 0 aliphatic rings. The van der Waals surface area contributed by atoms with Gasteiger partial charge in [0.25, 0.3) is 5.91 Å². The number of anilines is 1. The molecule has 0 fully saturated rings. The molecule has 0 aliphatic carbocycles. The molecule has 4 nitrogen and oxygen atoms in total. The molecule has 94 valence electrons. The zero-order valence-corrected chi connectivity index (χ0v) is 10.5. The first kappa shape index (κ1) is 11.5. The van der Waals surface area contributed by atoms with E-state index in [9.17, 15) is 4.79 Å². The first-order chi connectivity index (χ1) is 9.24. The fraction of sp³-hybridized carbons (Fsp3) is 0.0667. The normalized spacial score (nSPS) is 10.6. The van der Waals surface area contributed by atoms with E-state index in [1.165, 1.54) is 0 Å². The average Bonchev–Trinajstić information content (AvgIpc) is 2.81. The Balaban J connectivity index is 1.87. The smallest absolute Gasteiger partial charge is 0.257 e. The number of amides is 1. The van der Waals surface area contributed by atoms with Gasteiger partial charge in [-0.3, -0.25) is 9.78 Å². The van der Waals surface area contributed by atoms with E-state index < -0.39 is 0 Å². The van der Waals surface area contributed by atoms with Gasteiger partial charge in [0, 0.05) is 42.2 Å². The second-order valence-electron chi connectivity index (χ2n) is 4.40. The molecular formula is C15H13N3O. The molecule has 0 aliphatic heterocycles. The molecule has 0 saturated carbocycles. The number of hydrogen-bond donors (Lipinski definition) is 1. The molecule has 0 atom stereocenters. The zero-order valence-electron chi connectivity index (χ0n) is 10.5. The molecule has 0 bridgehead atoms. The van der Waals surface area contributed by atoms with Crippen LogP contribution in [0.1, 0.15) is 10.4 Å². The van der Waals surface area contributed by atoms with E-state index in [1.54, 1.807) is 24.5 Å². The summed E-state index contributed by atoms with van der Waals surface area (Å²) < 4.78 is 2.04. The third-order valence-corrected chi connectivity index (χ3v) is 3.07. The van der Waals surface area contributed by atoms with Crippen LogP contribution in [0.4, 0.5) is 5.69 Å². The number of pyridine rings is 1. The number of rotatable bonds is 2. The van der Waals surface area contributed by atoms with Crippen molar-refractivity contribution < 1.29 is 4.79 Å². The van der Waals surface area contributed by atoms with E-state index >= 15 is 0 Å². The highest BCUT2D eigenvalue weighted by Crippen LogP contribution is 2.20. The summed E-state index contributed by atoms with van der Waals surface area (Å²) in [5.74, 6) is -0.150. The number of fused-ring (bicyclic) bond motifs is 1. The minimum atomic E-state index is -0.150. The van der Waals surface area contributed by atoms with E-state index in [1.807, 2.05) is 42.1 Å². The van der Waals surface area contributed by atoms with Crippen LogP contribution in [0.5, 0.6) is 0 Å². The van der Waals surface area contributed by atoms with Gasteiger partial charge in [0.1, 0.15) is 0 Å². The molecule has 19 heavy (non-hydrogen) atoms. The highest BCUT2D eigenvalue weighted by atomic mass is 16.1. The number of aromatic nitrogens is 2. The van der Waals surface area contributed by atoms with E-state index in [4.69, 9.17) is 0 Å². The van der Waals surface area contributed by atoms with Gasteiger partial charge in [0.05, 0.1) is 5.56 Å². The summed E-state index contributed by atoms with van der Waals surface area (Å²) in [4.78, 5) is 15.9. The minimum Gasteiger partial charge on any atom is -0.351 e. The summed E-state index contributed by atoms with van der Waals surface area (Å²) in [5, 5.41) is 3.97. The van der Waals surface area contributed by atoms with Crippen LogP contribution < -0.4 is 5.32 Å². The van der Waals surface area contributed by atoms with Crippen LogP contribution >= 0.6 is 0 Å². The van der Waals surface area contributed by atoms with Crippen LogP contribution in [0, 0.1) is 0 Å². The van der Waals surface area contributed by atoms with Crippen molar-refractivity contribution in [3.63, 3.8) is 0 Å². The van der Waals surface area contributed by atoms with Gasteiger partial charge >= 0.3 is 0 Å². The molecular weight excluding hydrogens is 238 g/mol. The van der Waals surface area contributed by atoms with Crippen LogP contribution in [-0.4, -0.2) is 15.5 Å². The molecule has 0 radical (unpaired) electrons. The van der Waals surface area contributed by atoms with Gasteiger partial charge < -0.3 is 9.88 Å². The monoisotopic (exact) mass is 251 g/mol. The standard InChI is InChI=1S/C15H13N3O/c1-18-8-6-11-9-13(4-5-14(11)18)17-15(19)12-3-2-7-16-10-12/h2-10H,1H3,(H,17,19). The molecule has 2 aromatic heterocycles. The number of nitrogens with one attached hydrogen (secondary N) is 1. The molecule has 0 spiro atoms. The molecule has 3 aromatic rings. The number of aryl methyl sites for hydroxylation is 1. The van der Waals surface area contributed by atoms with Crippen molar-refractivity contribution in [2.75, 3.05) is 5.32 Å². The lowest BCUT2D eigenvalue weighted by Gasteiger charge is -2.05. The van der Waals surface area contributed by atoms with Gasteiger partial charge in [-0.1, -0.05) is 0 Å². The quantitative estimate of drug-likeness (QED) is 0.761. The number of carbonyl (C=O) groups excluding carboxylic acids is 1. The average molecular weight is 251 g/mol. The summed E-state index contributed by atoms with van der Waals surface area (Å²) in [7, 11) is 2.00. The molecule has 0 unspecified atom stereocenters. The van der Waals surface area contributed by atoms with Crippen molar-refractivity contribution in [2.45, 2.75) is 0 Å². The number of carbonyl (C=O) groups is 1. The fourth-order valence-electron chi connectivity index (χ4n) is 2.06. The Morgan fingerprint density at radius 2 is 2.16 bits per heavy atom. The lowest BCUT2D eigenvalue weighted by molar-refractivity contribution is 0.102. The summed E-state index contributed by atoms with van der Waals surface area (Å²) in [6.07, 6.45) is 5.20. The Labute approximate surface area is 110 Å². The first-order valence-electron chi connectivity index (χ1n) is 6.00. The lowest BCUT2D eigenvalue weighted by Crippen LogP contribution is -2.11. The Morgan fingerprint density at radius 1 is 1.26 bits per heavy atom. The number of nitrogens with zero attached hydrogens (tertiary/aromatic N) is 2. The van der Waals surface area contributed by atoms with Crippen molar-refractivity contribution in [2.24, 2.45) is 7.05 Å². The Kier molecular flexibility index (Phi) is 2.76. The van der Waals surface area contributed by atoms with Gasteiger partial charge in [-0.25, -0.2) is 0 Å². The Morgan fingerprint density at radius 3 is 2.95 bits per heavy atom. The van der Waals surface area contributed by atoms with Crippen molar-refractivity contribution in [3.05, 3.63) is 60.6 Å². The van der Waals surface area contributed by atoms with Gasteiger partial charge in [0.15, 0.2) is 0 Å². The van der Waals surface area contributed by atoms with Crippen molar-refractivity contribution >= 4 is 22.5 Å².